The predicted molar refractivity (Wildman–Crippen MR) is 127 cm³/mol. The van der Waals surface area contributed by atoms with Gasteiger partial charge in [0.05, 0.1) is 17.8 Å². The molecule has 4 nitrogen and oxygen atoms in total. The summed E-state index contributed by atoms with van der Waals surface area (Å²) in [5.74, 6) is 0.996. The van der Waals surface area contributed by atoms with Gasteiger partial charge in [0.2, 0.25) is 5.91 Å². The summed E-state index contributed by atoms with van der Waals surface area (Å²) in [5.41, 5.74) is 5.71. The molecule has 0 saturated heterocycles. The van der Waals surface area contributed by atoms with E-state index < -0.39 is 0 Å². The normalized spacial score (nSPS) is 10.9. The molecular weight excluding hydrogens is 410 g/mol. The molecular formula is C26H26ClNO3. The number of methoxy groups -OCH3 is 1. The number of hydrogen-bond acceptors (Lipinski definition) is 3. The number of rotatable bonds is 7. The first-order valence-electron chi connectivity index (χ1n) is 9.98. The standard InChI is InChI=1S/C26H26ClNO3/c1-17-13-19(3)26(22(27)14-17)28-25(29)12-10-20-9-11-23(24(15-20)30-4)31-16-21-8-6-5-7-18(21)2/h5-15H,16H2,1-4H3,(H,28,29). The van der Waals surface area contributed by atoms with Crippen LogP contribution in [0.1, 0.15) is 27.8 Å². The van der Waals surface area contributed by atoms with Gasteiger partial charge in [-0.2, -0.15) is 0 Å². The maximum absolute atomic E-state index is 12.4. The van der Waals surface area contributed by atoms with E-state index in [9.17, 15) is 4.79 Å². The van der Waals surface area contributed by atoms with Crippen molar-refractivity contribution >= 4 is 29.3 Å². The Hall–Kier alpha value is -3.24. The van der Waals surface area contributed by atoms with E-state index in [1.165, 1.54) is 11.6 Å². The van der Waals surface area contributed by atoms with Crippen molar-refractivity contribution in [2.45, 2.75) is 27.4 Å². The quantitative estimate of drug-likeness (QED) is 0.430. The van der Waals surface area contributed by atoms with Crippen LogP contribution >= 0.6 is 11.6 Å². The van der Waals surface area contributed by atoms with Gasteiger partial charge in [0.25, 0.3) is 0 Å². The number of hydrogen-bond donors (Lipinski definition) is 1. The number of anilines is 1. The lowest BCUT2D eigenvalue weighted by molar-refractivity contribution is -0.111. The van der Waals surface area contributed by atoms with Crippen molar-refractivity contribution < 1.29 is 14.3 Å². The van der Waals surface area contributed by atoms with Gasteiger partial charge in [0.15, 0.2) is 11.5 Å². The maximum atomic E-state index is 12.4. The summed E-state index contributed by atoms with van der Waals surface area (Å²) in [5, 5.41) is 3.37. The Kier molecular flexibility index (Phi) is 7.37. The minimum absolute atomic E-state index is 0.257. The van der Waals surface area contributed by atoms with Gasteiger partial charge in [0.1, 0.15) is 6.61 Å². The number of carbonyl (C=O) groups excluding carboxylic acids is 1. The third kappa shape index (κ3) is 5.89. The highest BCUT2D eigenvalue weighted by Crippen LogP contribution is 2.30. The molecule has 3 aromatic carbocycles. The number of aryl methyl sites for hydroxylation is 3. The van der Waals surface area contributed by atoms with Gasteiger partial charge in [0, 0.05) is 6.08 Å². The third-order valence-corrected chi connectivity index (χ3v) is 5.24. The predicted octanol–water partition coefficient (Wildman–Crippen LogP) is 6.50. The van der Waals surface area contributed by atoms with E-state index in [2.05, 4.69) is 18.3 Å². The fourth-order valence-corrected chi connectivity index (χ4v) is 3.61. The topological polar surface area (TPSA) is 47.6 Å². The minimum atomic E-state index is -0.257. The second-order valence-electron chi connectivity index (χ2n) is 7.39. The highest BCUT2D eigenvalue weighted by molar-refractivity contribution is 6.34. The number of amides is 1. The van der Waals surface area contributed by atoms with Gasteiger partial charge in [-0.3, -0.25) is 4.79 Å². The van der Waals surface area contributed by atoms with E-state index in [4.69, 9.17) is 21.1 Å². The molecule has 0 bridgehead atoms. The van der Waals surface area contributed by atoms with Crippen molar-refractivity contribution in [2.75, 3.05) is 12.4 Å². The molecule has 0 unspecified atom stereocenters. The molecule has 1 N–H and O–H groups in total. The van der Waals surface area contributed by atoms with Crippen LogP contribution in [-0.2, 0) is 11.4 Å². The van der Waals surface area contributed by atoms with Gasteiger partial charge >= 0.3 is 0 Å². The molecule has 0 aromatic heterocycles. The first-order chi connectivity index (χ1) is 14.9. The number of benzene rings is 3. The number of nitrogens with one attached hydrogen (secondary N) is 1. The first-order valence-corrected chi connectivity index (χ1v) is 10.4. The molecule has 0 saturated carbocycles. The molecule has 0 heterocycles. The van der Waals surface area contributed by atoms with Crippen molar-refractivity contribution in [2.24, 2.45) is 0 Å². The highest BCUT2D eigenvalue weighted by Gasteiger charge is 2.09. The van der Waals surface area contributed by atoms with Crippen molar-refractivity contribution in [1.29, 1.82) is 0 Å². The maximum Gasteiger partial charge on any atom is 0.248 e. The van der Waals surface area contributed by atoms with E-state index in [0.29, 0.717) is 28.8 Å². The van der Waals surface area contributed by atoms with Crippen molar-refractivity contribution in [3.63, 3.8) is 0 Å². The van der Waals surface area contributed by atoms with Crippen LogP contribution in [0.2, 0.25) is 5.02 Å². The number of carbonyl (C=O) groups is 1. The van der Waals surface area contributed by atoms with E-state index in [1.54, 1.807) is 13.2 Å². The zero-order valence-electron chi connectivity index (χ0n) is 18.2. The first kappa shape index (κ1) is 22.4. The molecule has 0 aliphatic carbocycles. The van der Waals surface area contributed by atoms with Gasteiger partial charge in [-0.05, 0) is 72.9 Å². The van der Waals surface area contributed by atoms with Crippen LogP contribution in [0.3, 0.4) is 0 Å². The van der Waals surface area contributed by atoms with E-state index >= 15 is 0 Å². The molecule has 0 radical (unpaired) electrons. The lowest BCUT2D eigenvalue weighted by atomic mass is 10.1. The molecule has 5 heteroatoms. The average Bonchev–Trinajstić information content (AvgIpc) is 2.74. The van der Waals surface area contributed by atoms with Gasteiger partial charge < -0.3 is 14.8 Å². The summed E-state index contributed by atoms with van der Waals surface area (Å²) in [4.78, 5) is 12.4. The van der Waals surface area contributed by atoms with Crippen LogP contribution in [-0.4, -0.2) is 13.0 Å². The second kappa shape index (κ2) is 10.2. The molecule has 0 spiro atoms. The third-order valence-electron chi connectivity index (χ3n) is 4.94. The van der Waals surface area contributed by atoms with Crippen molar-refractivity contribution in [1.82, 2.24) is 0 Å². The molecule has 0 atom stereocenters. The molecule has 1 amide bonds. The Balaban J connectivity index is 1.68. The fraction of sp³-hybridized carbons (Fsp3) is 0.192. The van der Waals surface area contributed by atoms with Crippen LogP contribution in [0.5, 0.6) is 11.5 Å². The van der Waals surface area contributed by atoms with Gasteiger partial charge in [-0.1, -0.05) is 48.0 Å². The van der Waals surface area contributed by atoms with Crippen LogP contribution in [0.15, 0.2) is 60.7 Å². The summed E-state index contributed by atoms with van der Waals surface area (Å²) in [6, 6.07) is 17.5. The number of halogens is 1. The average molecular weight is 436 g/mol. The van der Waals surface area contributed by atoms with E-state index in [1.807, 2.05) is 62.4 Å². The summed E-state index contributed by atoms with van der Waals surface area (Å²) < 4.78 is 11.4. The monoisotopic (exact) mass is 435 g/mol. The molecule has 3 rings (SSSR count). The van der Waals surface area contributed by atoms with E-state index in [0.717, 1.165) is 22.3 Å². The van der Waals surface area contributed by atoms with Crippen LogP contribution in [0.25, 0.3) is 6.08 Å². The Morgan fingerprint density at radius 1 is 1.00 bits per heavy atom. The van der Waals surface area contributed by atoms with Crippen LogP contribution < -0.4 is 14.8 Å². The summed E-state index contributed by atoms with van der Waals surface area (Å²) in [6.45, 7) is 6.39. The Bertz CT molecular complexity index is 1100. The molecule has 0 aliphatic rings. The van der Waals surface area contributed by atoms with Crippen molar-refractivity contribution in [3.05, 3.63) is 93.5 Å². The van der Waals surface area contributed by atoms with Crippen LogP contribution in [0, 0.1) is 20.8 Å². The van der Waals surface area contributed by atoms with E-state index in [-0.39, 0.29) is 5.91 Å². The summed E-state index contributed by atoms with van der Waals surface area (Å²) in [6.07, 6.45) is 3.19. The summed E-state index contributed by atoms with van der Waals surface area (Å²) >= 11 is 6.27. The molecule has 0 fully saturated rings. The lowest BCUT2D eigenvalue weighted by Crippen LogP contribution is -2.09. The highest BCUT2D eigenvalue weighted by atomic mass is 35.5. The zero-order valence-corrected chi connectivity index (χ0v) is 18.9. The van der Waals surface area contributed by atoms with Gasteiger partial charge in [-0.15, -0.1) is 0 Å². The Morgan fingerprint density at radius 2 is 1.77 bits per heavy atom. The van der Waals surface area contributed by atoms with Crippen LogP contribution in [0.4, 0.5) is 5.69 Å². The zero-order chi connectivity index (χ0) is 22.4. The lowest BCUT2D eigenvalue weighted by Gasteiger charge is -2.12. The molecule has 31 heavy (non-hydrogen) atoms. The molecule has 0 aliphatic heterocycles. The minimum Gasteiger partial charge on any atom is -0.493 e. The Labute approximate surface area is 188 Å². The smallest absolute Gasteiger partial charge is 0.248 e. The molecule has 160 valence electrons. The molecule has 3 aromatic rings. The summed E-state index contributed by atoms with van der Waals surface area (Å²) in [7, 11) is 1.60. The van der Waals surface area contributed by atoms with Crippen molar-refractivity contribution in [3.8, 4) is 11.5 Å². The second-order valence-corrected chi connectivity index (χ2v) is 7.79. The number of ether oxygens (including phenoxy) is 2. The SMILES string of the molecule is COc1cc(C=CC(=O)Nc2c(C)cc(C)cc2Cl)ccc1OCc1ccccc1C. The Morgan fingerprint density at radius 3 is 2.48 bits per heavy atom. The fourth-order valence-electron chi connectivity index (χ4n) is 3.25. The van der Waals surface area contributed by atoms with Gasteiger partial charge in [-0.25, -0.2) is 0 Å². The largest absolute Gasteiger partial charge is 0.493 e.